The van der Waals surface area contributed by atoms with Crippen LogP contribution in [-0.2, 0) is 12.3 Å². The van der Waals surface area contributed by atoms with Gasteiger partial charge in [-0.3, -0.25) is 9.36 Å². The van der Waals surface area contributed by atoms with E-state index in [0.29, 0.717) is 27.4 Å². The molecule has 1 N–H and O–H groups in total. The lowest BCUT2D eigenvalue weighted by Crippen LogP contribution is -2.37. The standard InChI is InChI=1S/C22H19N3O5S/c1-13-19(24-22(28)25(20(13)26)11-14-6-4-3-5-7-14)31-12-17-21(27)30-18-10-15(29-2)8-9-16(18)23-17/h3-10H,11-12H2,1-2H3,(H,24,28). The number of fused-ring (bicyclic) bond motifs is 1. The number of hydrogen-bond acceptors (Lipinski definition) is 7. The number of H-pyrrole nitrogens is 1. The van der Waals surface area contributed by atoms with E-state index in [-0.39, 0.29) is 23.6 Å². The van der Waals surface area contributed by atoms with Crippen LogP contribution in [0.15, 0.2) is 72.4 Å². The van der Waals surface area contributed by atoms with E-state index < -0.39 is 11.3 Å². The molecule has 0 aliphatic rings. The molecule has 0 amide bonds. The second kappa shape index (κ2) is 8.65. The fourth-order valence-corrected chi connectivity index (χ4v) is 4.01. The molecule has 0 radical (unpaired) electrons. The monoisotopic (exact) mass is 437 g/mol. The first-order valence-corrected chi connectivity index (χ1v) is 10.4. The number of thioether (sulfide) groups is 1. The Bertz CT molecular complexity index is 1420. The summed E-state index contributed by atoms with van der Waals surface area (Å²) in [4.78, 5) is 44.7. The average molecular weight is 437 g/mol. The molecule has 4 aromatic rings. The Balaban J connectivity index is 1.60. The van der Waals surface area contributed by atoms with Gasteiger partial charge in [0.1, 0.15) is 17.0 Å². The number of ether oxygens (including phenoxy) is 1. The normalized spacial score (nSPS) is 11.0. The Labute approximate surface area is 180 Å². The average Bonchev–Trinajstić information content (AvgIpc) is 2.78. The van der Waals surface area contributed by atoms with Crippen LogP contribution in [0, 0.1) is 6.92 Å². The quantitative estimate of drug-likeness (QED) is 0.365. The number of aromatic nitrogens is 3. The van der Waals surface area contributed by atoms with Crippen LogP contribution in [-0.4, -0.2) is 21.6 Å². The van der Waals surface area contributed by atoms with E-state index in [2.05, 4.69) is 9.97 Å². The van der Waals surface area contributed by atoms with E-state index >= 15 is 0 Å². The van der Waals surface area contributed by atoms with E-state index in [4.69, 9.17) is 9.15 Å². The maximum Gasteiger partial charge on any atom is 0.359 e. The molecule has 0 aliphatic carbocycles. The molecule has 31 heavy (non-hydrogen) atoms. The maximum absolute atomic E-state index is 12.8. The van der Waals surface area contributed by atoms with E-state index in [1.165, 1.54) is 7.11 Å². The molecule has 2 heterocycles. The van der Waals surface area contributed by atoms with Gasteiger partial charge in [-0.2, -0.15) is 0 Å². The molecule has 0 unspecified atom stereocenters. The number of benzene rings is 2. The number of nitrogens with zero attached hydrogens (tertiary/aromatic N) is 2. The molecule has 0 saturated heterocycles. The van der Waals surface area contributed by atoms with E-state index in [1.807, 2.05) is 30.3 Å². The lowest BCUT2D eigenvalue weighted by atomic mass is 10.2. The third kappa shape index (κ3) is 4.31. The summed E-state index contributed by atoms with van der Waals surface area (Å²) in [5.74, 6) is 0.701. The molecule has 158 valence electrons. The van der Waals surface area contributed by atoms with Crippen molar-refractivity contribution in [2.75, 3.05) is 7.11 Å². The van der Waals surface area contributed by atoms with Gasteiger partial charge in [0, 0.05) is 17.4 Å². The SMILES string of the molecule is COc1ccc2nc(CSc3[nH]c(=O)n(Cc4ccccc4)c(=O)c3C)c(=O)oc2c1. The van der Waals surface area contributed by atoms with E-state index in [0.717, 1.165) is 21.9 Å². The van der Waals surface area contributed by atoms with Gasteiger partial charge in [0.25, 0.3) is 5.56 Å². The number of hydrogen-bond donors (Lipinski definition) is 1. The minimum Gasteiger partial charge on any atom is -0.497 e. The summed E-state index contributed by atoms with van der Waals surface area (Å²) < 4.78 is 11.6. The summed E-state index contributed by atoms with van der Waals surface area (Å²) >= 11 is 1.16. The van der Waals surface area contributed by atoms with Gasteiger partial charge in [0.05, 0.1) is 18.7 Å². The molecule has 2 aromatic heterocycles. The Morgan fingerprint density at radius 3 is 2.65 bits per heavy atom. The van der Waals surface area contributed by atoms with Crippen molar-refractivity contribution in [2.24, 2.45) is 0 Å². The van der Waals surface area contributed by atoms with Crippen molar-refractivity contribution in [2.45, 2.75) is 24.2 Å². The highest BCUT2D eigenvalue weighted by Gasteiger charge is 2.14. The van der Waals surface area contributed by atoms with Gasteiger partial charge in [0.15, 0.2) is 5.58 Å². The summed E-state index contributed by atoms with van der Waals surface area (Å²) in [5, 5.41) is 0.398. The molecular formula is C22H19N3O5S. The summed E-state index contributed by atoms with van der Waals surface area (Å²) in [5.41, 5.74) is 0.820. The zero-order valence-corrected chi connectivity index (χ0v) is 17.7. The molecule has 0 aliphatic heterocycles. The first-order valence-electron chi connectivity index (χ1n) is 9.44. The van der Waals surface area contributed by atoms with Crippen LogP contribution in [0.4, 0.5) is 0 Å². The van der Waals surface area contributed by atoms with Crippen molar-refractivity contribution in [3.8, 4) is 5.75 Å². The van der Waals surface area contributed by atoms with Gasteiger partial charge in [-0.25, -0.2) is 14.6 Å². The lowest BCUT2D eigenvalue weighted by Gasteiger charge is -2.10. The smallest absolute Gasteiger partial charge is 0.359 e. The summed E-state index contributed by atoms with van der Waals surface area (Å²) in [6, 6.07) is 14.3. The third-order valence-corrected chi connectivity index (χ3v) is 5.88. The van der Waals surface area contributed by atoms with Crippen molar-refractivity contribution < 1.29 is 9.15 Å². The predicted octanol–water partition coefficient (Wildman–Crippen LogP) is 2.70. The van der Waals surface area contributed by atoms with E-state index in [9.17, 15) is 14.4 Å². The highest BCUT2D eigenvalue weighted by atomic mass is 32.2. The van der Waals surface area contributed by atoms with Crippen LogP contribution >= 0.6 is 11.8 Å². The molecule has 2 aromatic carbocycles. The zero-order valence-electron chi connectivity index (χ0n) is 16.9. The number of methoxy groups -OCH3 is 1. The molecule has 0 bridgehead atoms. The molecule has 0 fully saturated rings. The zero-order chi connectivity index (χ0) is 22.0. The van der Waals surface area contributed by atoms with Gasteiger partial charge in [-0.15, -0.1) is 11.8 Å². The second-order valence-corrected chi connectivity index (χ2v) is 7.82. The van der Waals surface area contributed by atoms with Crippen molar-refractivity contribution in [3.05, 3.63) is 96.6 Å². The Kier molecular flexibility index (Phi) is 5.77. The van der Waals surface area contributed by atoms with Gasteiger partial charge >= 0.3 is 11.3 Å². The molecular weight excluding hydrogens is 418 g/mol. The molecule has 0 spiro atoms. The molecule has 0 atom stereocenters. The first-order chi connectivity index (χ1) is 15.0. The number of nitrogens with one attached hydrogen (secondary N) is 1. The Hall–Kier alpha value is -3.59. The number of rotatable bonds is 6. The third-order valence-electron chi connectivity index (χ3n) is 4.77. The highest BCUT2D eigenvalue weighted by molar-refractivity contribution is 7.98. The lowest BCUT2D eigenvalue weighted by molar-refractivity contribution is 0.414. The Morgan fingerprint density at radius 1 is 1.13 bits per heavy atom. The fourth-order valence-electron chi connectivity index (χ4n) is 3.08. The second-order valence-electron chi connectivity index (χ2n) is 6.83. The minimum atomic E-state index is -0.578. The van der Waals surface area contributed by atoms with Gasteiger partial charge in [-0.1, -0.05) is 30.3 Å². The molecule has 0 saturated carbocycles. The Morgan fingerprint density at radius 2 is 1.90 bits per heavy atom. The number of aromatic amines is 1. The highest BCUT2D eigenvalue weighted by Crippen LogP contribution is 2.22. The van der Waals surface area contributed by atoms with Crippen molar-refractivity contribution in [1.82, 2.24) is 14.5 Å². The van der Waals surface area contributed by atoms with Crippen LogP contribution < -0.4 is 21.6 Å². The van der Waals surface area contributed by atoms with Crippen LogP contribution in [0.1, 0.15) is 16.8 Å². The summed E-state index contributed by atoms with van der Waals surface area (Å²) in [7, 11) is 1.52. The molecule has 8 nitrogen and oxygen atoms in total. The summed E-state index contributed by atoms with van der Waals surface area (Å²) in [6.45, 7) is 1.82. The largest absolute Gasteiger partial charge is 0.497 e. The molecule has 9 heteroatoms. The van der Waals surface area contributed by atoms with Crippen LogP contribution in [0.25, 0.3) is 11.1 Å². The molecule has 4 rings (SSSR count). The topological polar surface area (TPSA) is 107 Å². The fraction of sp³-hybridized carbons (Fsp3) is 0.182. The minimum absolute atomic E-state index is 0.142. The van der Waals surface area contributed by atoms with Crippen molar-refractivity contribution in [1.29, 1.82) is 0 Å². The van der Waals surface area contributed by atoms with Crippen molar-refractivity contribution >= 4 is 22.9 Å². The van der Waals surface area contributed by atoms with Crippen molar-refractivity contribution in [3.63, 3.8) is 0 Å². The maximum atomic E-state index is 12.8. The van der Waals surface area contributed by atoms with Gasteiger partial charge in [-0.05, 0) is 24.6 Å². The van der Waals surface area contributed by atoms with E-state index in [1.54, 1.807) is 25.1 Å². The summed E-state index contributed by atoms with van der Waals surface area (Å²) in [6.07, 6.45) is 0. The van der Waals surface area contributed by atoms with Crippen LogP contribution in [0.2, 0.25) is 0 Å². The first kappa shape index (κ1) is 20.7. The van der Waals surface area contributed by atoms with Crippen LogP contribution in [0.5, 0.6) is 5.75 Å². The van der Waals surface area contributed by atoms with Crippen LogP contribution in [0.3, 0.4) is 0 Å². The van der Waals surface area contributed by atoms with Gasteiger partial charge in [0.2, 0.25) is 0 Å². The predicted molar refractivity (Wildman–Crippen MR) is 118 cm³/mol. The van der Waals surface area contributed by atoms with Gasteiger partial charge < -0.3 is 14.1 Å².